The summed E-state index contributed by atoms with van der Waals surface area (Å²) in [7, 11) is 0. The maximum Gasteiger partial charge on any atom is 0.341 e. The normalized spacial score (nSPS) is 15.2. The number of carbonyl (C=O) groups excluding carboxylic acids is 1. The maximum atomic E-state index is 11.9. The molecule has 1 saturated heterocycles. The number of thioether (sulfide) groups is 1. The highest BCUT2D eigenvalue weighted by molar-refractivity contribution is 8.26. The van der Waals surface area contributed by atoms with Gasteiger partial charge in [0, 0.05) is 4.90 Å². The van der Waals surface area contributed by atoms with Crippen LogP contribution in [0.15, 0.2) is 63.2 Å². The number of carboxylic acids is 1. The van der Waals surface area contributed by atoms with Gasteiger partial charge in [0.1, 0.15) is 10.1 Å². The predicted molar refractivity (Wildman–Crippen MR) is 106 cm³/mol. The molecule has 132 valence electrons. The van der Waals surface area contributed by atoms with Gasteiger partial charge < -0.3 is 15.2 Å². The fourth-order valence-electron chi connectivity index (χ4n) is 2.17. The van der Waals surface area contributed by atoms with Crippen LogP contribution in [0, 0.1) is 0 Å². The molecule has 0 aromatic heterocycles. The van der Waals surface area contributed by atoms with Crippen molar-refractivity contribution in [2.75, 3.05) is 6.61 Å². The summed E-state index contributed by atoms with van der Waals surface area (Å²) in [6.45, 7) is -0.405. The van der Waals surface area contributed by atoms with Gasteiger partial charge in [0.25, 0.3) is 5.91 Å². The average molecular weight is 404 g/mol. The summed E-state index contributed by atoms with van der Waals surface area (Å²) >= 11 is 7.69. The molecule has 1 heterocycles. The number of hydrogen-bond donors (Lipinski definition) is 2. The Hall–Kier alpha value is -2.29. The van der Waals surface area contributed by atoms with Crippen LogP contribution in [0.1, 0.15) is 5.56 Å². The van der Waals surface area contributed by atoms with E-state index in [-0.39, 0.29) is 5.91 Å². The zero-order valence-electron chi connectivity index (χ0n) is 13.3. The number of benzene rings is 2. The molecule has 2 N–H and O–H groups in total. The van der Waals surface area contributed by atoms with E-state index in [9.17, 15) is 9.59 Å². The molecule has 0 bridgehead atoms. The summed E-state index contributed by atoms with van der Waals surface area (Å²) in [5.74, 6) is -0.739. The number of nitrogens with one attached hydrogen (secondary N) is 1. The van der Waals surface area contributed by atoms with Crippen LogP contribution in [0.25, 0.3) is 6.08 Å². The van der Waals surface area contributed by atoms with Gasteiger partial charge in [-0.25, -0.2) is 4.79 Å². The Morgan fingerprint density at radius 1 is 1.19 bits per heavy atom. The Balaban J connectivity index is 1.88. The molecule has 8 heteroatoms. The van der Waals surface area contributed by atoms with Gasteiger partial charge in [0.05, 0.1) is 9.80 Å². The molecule has 0 saturated carbocycles. The topological polar surface area (TPSA) is 75.6 Å². The van der Waals surface area contributed by atoms with Crippen molar-refractivity contribution in [2.45, 2.75) is 9.79 Å². The lowest BCUT2D eigenvalue weighted by atomic mass is 10.2. The van der Waals surface area contributed by atoms with E-state index < -0.39 is 12.6 Å². The predicted octanol–water partition coefficient (Wildman–Crippen LogP) is 3.79. The summed E-state index contributed by atoms with van der Waals surface area (Å²) in [5.41, 5.74) is 0.868. The van der Waals surface area contributed by atoms with Crippen molar-refractivity contribution >= 4 is 58.0 Å². The van der Waals surface area contributed by atoms with Crippen LogP contribution < -0.4 is 10.1 Å². The van der Waals surface area contributed by atoms with Gasteiger partial charge in [-0.1, -0.05) is 66.1 Å². The third kappa shape index (κ3) is 4.66. The van der Waals surface area contributed by atoms with E-state index in [0.29, 0.717) is 15.0 Å². The van der Waals surface area contributed by atoms with Gasteiger partial charge in [-0.15, -0.1) is 0 Å². The maximum absolute atomic E-state index is 11.9. The van der Waals surface area contributed by atoms with E-state index in [1.807, 2.05) is 36.4 Å². The molecule has 5 nitrogen and oxygen atoms in total. The van der Waals surface area contributed by atoms with Crippen LogP contribution in [0.5, 0.6) is 5.75 Å². The number of ether oxygens (including phenoxy) is 1. The summed E-state index contributed by atoms with van der Waals surface area (Å²) in [6.07, 6.45) is 1.79. The Bertz CT molecular complexity index is 911. The number of para-hydroxylation sites is 1. The van der Waals surface area contributed by atoms with Crippen molar-refractivity contribution in [1.82, 2.24) is 5.32 Å². The fourth-order valence-corrected chi connectivity index (χ4v) is 4.20. The van der Waals surface area contributed by atoms with Gasteiger partial charge in [-0.05, 0) is 29.8 Å². The smallest absolute Gasteiger partial charge is 0.341 e. The monoisotopic (exact) mass is 403 g/mol. The van der Waals surface area contributed by atoms with Crippen molar-refractivity contribution in [1.29, 1.82) is 0 Å². The van der Waals surface area contributed by atoms with Crippen molar-refractivity contribution in [3.63, 3.8) is 0 Å². The summed E-state index contributed by atoms with van der Waals surface area (Å²) in [4.78, 5) is 24.9. The Morgan fingerprint density at radius 2 is 1.88 bits per heavy atom. The van der Waals surface area contributed by atoms with Crippen molar-refractivity contribution in [3.05, 3.63) is 59.0 Å². The Morgan fingerprint density at radius 3 is 2.58 bits per heavy atom. The van der Waals surface area contributed by atoms with Crippen LogP contribution in [0.2, 0.25) is 0 Å². The summed E-state index contributed by atoms with van der Waals surface area (Å²) in [6, 6.07) is 14.9. The minimum absolute atomic E-state index is 0.204. The van der Waals surface area contributed by atoms with Crippen LogP contribution in [0.4, 0.5) is 0 Å². The lowest BCUT2D eigenvalue weighted by molar-refractivity contribution is -0.139. The molecule has 1 fully saturated rings. The number of hydrogen-bond acceptors (Lipinski definition) is 6. The number of amides is 1. The molecule has 0 atom stereocenters. The first-order valence-corrected chi connectivity index (χ1v) is 9.52. The van der Waals surface area contributed by atoms with E-state index in [1.54, 1.807) is 18.2 Å². The van der Waals surface area contributed by atoms with E-state index in [2.05, 4.69) is 5.32 Å². The van der Waals surface area contributed by atoms with Crippen LogP contribution >= 0.6 is 35.7 Å². The molecule has 0 spiro atoms. The second-order valence-electron chi connectivity index (χ2n) is 5.12. The van der Waals surface area contributed by atoms with E-state index in [0.717, 1.165) is 15.4 Å². The van der Waals surface area contributed by atoms with E-state index >= 15 is 0 Å². The molecule has 3 rings (SSSR count). The molecule has 1 aliphatic rings. The SMILES string of the molecule is O=C(O)COc1ccccc1Sc1ccccc1C=C1SC(=S)NC1=O. The van der Waals surface area contributed by atoms with Crippen molar-refractivity contribution in [3.8, 4) is 5.75 Å². The van der Waals surface area contributed by atoms with Gasteiger partial charge in [0.2, 0.25) is 0 Å². The fraction of sp³-hybridized carbons (Fsp3) is 0.0556. The second kappa shape index (κ2) is 8.39. The number of aliphatic carboxylic acids is 1. The number of thiocarbonyl (C=S) groups is 1. The Labute approximate surface area is 163 Å². The van der Waals surface area contributed by atoms with Gasteiger partial charge >= 0.3 is 5.97 Å². The summed E-state index contributed by atoms with van der Waals surface area (Å²) < 4.78 is 5.80. The summed E-state index contributed by atoms with van der Waals surface area (Å²) in [5, 5.41) is 11.4. The Kier molecular flexibility index (Phi) is 5.97. The first kappa shape index (κ1) is 18.5. The molecular formula is C18H13NO4S3. The zero-order valence-corrected chi connectivity index (χ0v) is 15.7. The van der Waals surface area contributed by atoms with Crippen LogP contribution in [0.3, 0.4) is 0 Å². The third-order valence-corrected chi connectivity index (χ3v) is 5.58. The second-order valence-corrected chi connectivity index (χ2v) is 7.92. The highest BCUT2D eigenvalue weighted by Gasteiger charge is 2.22. The lowest BCUT2D eigenvalue weighted by Gasteiger charge is -2.11. The quantitative estimate of drug-likeness (QED) is 0.561. The van der Waals surface area contributed by atoms with Gasteiger partial charge in [-0.3, -0.25) is 4.79 Å². The minimum atomic E-state index is -1.03. The molecule has 0 unspecified atom stereocenters. The van der Waals surface area contributed by atoms with Crippen LogP contribution in [-0.2, 0) is 9.59 Å². The van der Waals surface area contributed by atoms with E-state index in [4.69, 9.17) is 22.1 Å². The standard InChI is InChI=1S/C18H13NO4S3/c20-16(21)10-23-12-6-2-4-8-14(12)25-13-7-3-1-5-11(13)9-15-17(22)19-18(24)26-15/h1-9H,10H2,(H,20,21)(H,19,22,24). The third-order valence-electron chi connectivity index (χ3n) is 3.27. The van der Waals surface area contributed by atoms with Gasteiger partial charge in [0.15, 0.2) is 6.61 Å². The molecule has 0 aliphatic carbocycles. The lowest BCUT2D eigenvalue weighted by Crippen LogP contribution is -2.17. The van der Waals surface area contributed by atoms with Gasteiger partial charge in [-0.2, -0.15) is 0 Å². The molecular weight excluding hydrogens is 390 g/mol. The van der Waals surface area contributed by atoms with Crippen molar-refractivity contribution in [2.24, 2.45) is 0 Å². The average Bonchev–Trinajstić information content (AvgIpc) is 2.93. The molecule has 2 aromatic carbocycles. The molecule has 2 aromatic rings. The highest BCUT2D eigenvalue weighted by Crippen LogP contribution is 2.38. The van der Waals surface area contributed by atoms with Crippen LogP contribution in [-0.4, -0.2) is 27.9 Å². The first-order chi connectivity index (χ1) is 12.5. The molecule has 1 aliphatic heterocycles. The molecule has 1 amide bonds. The largest absolute Gasteiger partial charge is 0.481 e. The number of carbonyl (C=O) groups is 2. The minimum Gasteiger partial charge on any atom is -0.481 e. The van der Waals surface area contributed by atoms with Crippen molar-refractivity contribution < 1.29 is 19.4 Å². The molecule has 0 radical (unpaired) electrons. The zero-order chi connectivity index (χ0) is 18.5. The first-order valence-electron chi connectivity index (χ1n) is 7.48. The number of carboxylic acid groups (broad SMARTS) is 1. The highest BCUT2D eigenvalue weighted by atomic mass is 32.2. The number of rotatable bonds is 6. The van der Waals surface area contributed by atoms with E-state index in [1.165, 1.54) is 23.5 Å². The molecule has 26 heavy (non-hydrogen) atoms.